The second-order valence-electron chi connectivity index (χ2n) is 4.91. The second-order valence-corrected chi connectivity index (χ2v) is 4.91. The molecule has 2 aromatic heterocycles. The Kier molecular flexibility index (Phi) is 2.81. The number of rotatable bonds is 2. The molecule has 17 heavy (non-hydrogen) atoms. The van der Waals surface area contributed by atoms with Crippen molar-refractivity contribution in [1.29, 1.82) is 0 Å². The van der Waals surface area contributed by atoms with Gasteiger partial charge in [0.25, 0.3) is 0 Å². The minimum absolute atomic E-state index is 0.0210. The van der Waals surface area contributed by atoms with Crippen LogP contribution in [0, 0.1) is 5.92 Å². The van der Waals surface area contributed by atoms with E-state index < -0.39 is 0 Å². The molecule has 0 bridgehead atoms. The normalized spacial score (nSPS) is 19.6. The fourth-order valence-corrected chi connectivity index (χ4v) is 2.79. The molecule has 1 atom stereocenters. The van der Waals surface area contributed by atoms with Crippen molar-refractivity contribution in [3.05, 3.63) is 30.2 Å². The molecule has 2 aromatic rings. The maximum atomic E-state index is 6.36. The monoisotopic (exact) mass is 230 g/mol. The summed E-state index contributed by atoms with van der Waals surface area (Å²) in [5.41, 5.74) is 7.24. The predicted octanol–water partition coefficient (Wildman–Crippen LogP) is 2.31. The Labute approximate surface area is 101 Å². The first-order chi connectivity index (χ1) is 8.36. The van der Waals surface area contributed by atoms with Gasteiger partial charge in [-0.05, 0) is 30.9 Å². The predicted molar refractivity (Wildman–Crippen MR) is 66.5 cm³/mol. The Hall–Kier alpha value is -1.42. The molecule has 1 unspecified atom stereocenters. The molecule has 2 heterocycles. The van der Waals surface area contributed by atoms with E-state index in [0.29, 0.717) is 5.92 Å². The van der Waals surface area contributed by atoms with Crippen molar-refractivity contribution in [3.63, 3.8) is 0 Å². The van der Waals surface area contributed by atoms with Gasteiger partial charge >= 0.3 is 0 Å². The van der Waals surface area contributed by atoms with Gasteiger partial charge in [-0.3, -0.25) is 4.40 Å². The van der Waals surface area contributed by atoms with Gasteiger partial charge in [0.05, 0.1) is 6.04 Å². The summed E-state index contributed by atoms with van der Waals surface area (Å²) in [6.45, 7) is 0. The van der Waals surface area contributed by atoms with Crippen LogP contribution < -0.4 is 5.73 Å². The topological polar surface area (TPSA) is 56.2 Å². The number of fused-ring (bicyclic) bond motifs is 1. The Morgan fingerprint density at radius 1 is 1.18 bits per heavy atom. The van der Waals surface area contributed by atoms with Gasteiger partial charge in [0.1, 0.15) is 0 Å². The molecule has 4 nitrogen and oxygen atoms in total. The van der Waals surface area contributed by atoms with Crippen LogP contribution in [-0.4, -0.2) is 14.6 Å². The van der Waals surface area contributed by atoms with Crippen LogP contribution in [0.2, 0.25) is 0 Å². The summed E-state index contributed by atoms with van der Waals surface area (Å²) >= 11 is 0. The maximum Gasteiger partial charge on any atom is 0.160 e. The molecule has 2 N–H and O–H groups in total. The van der Waals surface area contributed by atoms with Crippen molar-refractivity contribution < 1.29 is 0 Å². The van der Waals surface area contributed by atoms with Crippen LogP contribution in [0.3, 0.4) is 0 Å². The number of nitrogens with zero attached hydrogens (tertiary/aromatic N) is 3. The fraction of sp³-hybridized carbons (Fsp3) is 0.538. The lowest BCUT2D eigenvalue weighted by Crippen LogP contribution is -2.25. The summed E-state index contributed by atoms with van der Waals surface area (Å²) in [4.78, 5) is 0. The van der Waals surface area contributed by atoms with E-state index in [4.69, 9.17) is 5.73 Å². The second kappa shape index (κ2) is 4.45. The van der Waals surface area contributed by atoms with Gasteiger partial charge in [-0.15, -0.1) is 10.2 Å². The third kappa shape index (κ3) is 1.93. The summed E-state index contributed by atoms with van der Waals surface area (Å²) in [6.07, 6.45) is 8.40. The lowest BCUT2D eigenvalue weighted by Gasteiger charge is -2.26. The van der Waals surface area contributed by atoms with E-state index in [9.17, 15) is 0 Å². The minimum Gasteiger partial charge on any atom is -0.321 e. The maximum absolute atomic E-state index is 6.36. The molecule has 0 radical (unpaired) electrons. The van der Waals surface area contributed by atoms with Crippen LogP contribution in [0.5, 0.6) is 0 Å². The highest BCUT2D eigenvalue weighted by molar-refractivity contribution is 5.37. The lowest BCUT2D eigenvalue weighted by atomic mass is 9.84. The summed E-state index contributed by atoms with van der Waals surface area (Å²) in [7, 11) is 0. The molecular formula is C13H18N4. The van der Waals surface area contributed by atoms with E-state index in [1.807, 2.05) is 28.8 Å². The van der Waals surface area contributed by atoms with Crippen molar-refractivity contribution in [2.24, 2.45) is 11.7 Å². The van der Waals surface area contributed by atoms with Crippen LogP contribution in [0.15, 0.2) is 24.4 Å². The number of hydrogen-bond acceptors (Lipinski definition) is 3. The van der Waals surface area contributed by atoms with Gasteiger partial charge in [0, 0.05) is 6.20 Å². The zero-order valence-electron chi connectivity index (χ0n) is 9.92. The molecule has 4 heteroatoms. The quantitative estimate of drug-likeness (QED) is 0.861. The van der Waals surface area contributed by atoms with Gasteiger partial charge in [-0.2, -0.15) is 0 Å². The standard InChI is InChI=1S/C13H18N4/c14-12(10-6-2-1-3-7-10)13-16-15-11-8-4-5-9-17(11)13/h4-5,8-10,12H,1-3,6-7,14H2. The zero-order valence-corrected chi connectivity index (χ0v) is 9.92. The van der Waals surface area contributed by atoms with Crippen LogP contribution >= 0.6 is 0 Å². The first kappa shape index (κ1) is 10.7. The number of pyridine rings is 1. The highest BCUT2D eigenvalue weighted by atomic mass is 15.3. The Morgan fingerprint density at radius 2 is 2.00 bits per heavy atom. The molecule has 1 aliphatic rings. The van der Waals surface area contributed by atoms with Crippen LogP contribution in [0.1, 0.15) is 44.0 Å². The highest BCUT2D eigenvalue weighted by Crippen LogP contribution is 2.32. The summed E-state index contributed by atoms with van der Waals surface area (Å²) in [6, 6.07) is 5.95. The minimum atomic E-state index is 0.0210. The summed E-state index contributed by atoms with van der Waals surface area (Å²) in [5.74, 6) is 1.48. The van der Waals surface area contributed by atoms with Crippen molar-refractivity contribution >= 4 is 5.65 Å². The van der Waals surface area contributed by atoms with Crippen LogP contribution in [-0.2, 0) is 0 Å². The fourth-order valence-electron chi connectivity index (χ4n) is 2.79. The van der Waals surface area contributed by atoms with Crippen LogP contribution in [0.25, 0.3) is 5.65 Å². The van der Waals surface area contributed by atoms with Crippen molar-refractivity contribution in [3.8, 4) is 0 Å². The molecule has 1 fully saturated rings. The van der Waals surface area contributed by atoms with Gasteiger partial charge in [0.15, 0.2) is 11.5 Å². The molecule has 3 rings (SSSR count). The molecule has 1 saturated carbocycles. The average Bonchev–Trinajstić information content (AvgIpc) is 2.83. The summed E-state index contributed by atoms with van der Waals surface area (Å²) in [5, 5.41) is 8.43. The van der Waals surface area contributed by atoms with Crippen molar-refractivity contribution in [1.82, 2.24) is 14.6 Å². The van der Waals surface area contributed by atoms with E-state index in [1.54, 1.807) is 0 Å². The van der Waals surface area contributed by atoms with Crippen molar-refractivity contribution in [2.45, 2.75) is 38.1 Å². The van der Waals surface area contributed by atoms with Gasteiger partial charge in [0.2, 0.25) is 0 Å². The first-order valence-electron chi connectivity index (χ1n) is 6.41. The Morgan fingerprint density at radius 3 is 2.82 bits per heavy atom. The third-order valence-electron chi connectivity index (χ3n) is 3.80. The zero-order chi connectivity index (χ0) is 11.7. The van der Waals surface area contributed by atoms with Crippen molar-refractivity contribution in [2.75, 3.05) is 0 Å². The van der Waals surface area contributed by atoms with Gasteiger partial charge in [-0.1, -0.05) is 25.3 Å². The van der Waals surface area contributed by atoms with Gasteiger partial charge < -0.3 is 5.73 Å². The van der Waals surface area contributed by atoms with E-state index in [0.717, 1.165) is 11.5 Å². The molecule has 0 spiro atoms. The molecule has 90 valence electrons. The molecule has 0 aromatic carbocycles. The SMILES string of the molecule is NC(c1nnc2ccccn12)C1CCCCC1. The van der Waals surface area contributed by atoms with E-state index in [-0.39, 0.29) is 6.04 Å². The first-order valence-corrected chi connectivity index (χ1v) is 6.41. The molecule has 0 aliphatic heterocycles. The third-order valence-corrected chi connectivity index (χ3v) is 3.80. The van der Waals surface area contributed by atoms with Crippen LogP contribution in [0.4, 0.5) is 0 Å². The average molecular weight is 230 g/mol. The largest absolute Gasteiger partial charge is 0.321 e. The lowest BCUT2D eigenvalue weighted by molar-refractivity contribution is 0.300. The summed E-state index contributed by atoms with van der Waals surface area (Å²) < 4.78 is 2.01. The molecule has 0 amide bonds. The number of aromatic nitrogens is 3. The van der Waals surface area contributed by atoms with E-state index >= 15 is 0 Å². The number of hydrogen-bond donors (Lipinski definition) is 1. The van der Waals surface area contributed by atoms with Gasteiger partial charge in [-0.25, -0.2) is 0 Å². The molecule has 0 saturated heterocycles. The Balaban J connectivity index is 1.92. The number of nitrogens with two attached hydrogens (primary N) is 1. The van der Waals surface area contributed by atoms with E-state index in [1.165, 1.54) is 32.1 Å². The van der Waals surface area contributed by atoms with E-state index in [2.05, 4.69) is 10.2 Å². The molecular weight excluding hydrogens is 212 g/mol. The smallest absolute Gasteiger partial charge is 0.160 e. The Bertz CT molecular complexity index is 499. The molecule has 1 aliphatic carbocycles. The highest BCUT2D eigenvalue weighted by Gasteiger charge is 2.25.